The largest absolute Gasteiger partial charge is 0.352 e. The molecular formula is C18H21NO. The van der Waals surface area contributed by atoms with Gasteiger partial charge in [-0.2, -0.15) is 0 Å². The minimum Gasteiger partial charge on any atom is -0.352 e. The van der Waals surface area contributed by atoms with Crippen LogP contribution in [0.25, 0.3) is 0 Å². The van der Waals surface area contributed by atoms with E-state index in [0.29, 0.717) is 6.54 Å². The summed E-state index contributed by atoms with van der Waals surface area (Å²) in [7, 11) is 0. The maximum Gasteiger partial charge on any atom is 0.251 e. The molecule has 0 radical (unpaired) electrons. The number of benzene rings is 2. The fourth-order valence-corrected chi connectivity index (χ4v) is 2.35. The maximum absolute atomic E-state index is 12.0. The first-order chi connectivity index (χ1) is 9.65. The summed E-state index contributed by atoms with van der Waals surface area (Å²) in [4.78, 5) is 12.0. The zero-order valence-electron chi connectivity index (χ0n) is 12.1. The summed E-state index contributed by atoms with van der Waals surface area (Å²) in [6.45, 7) is 4.74. The number of amides is 1. The molecular weight excluding hydrogens is 246 g/mol. The van der Waals surface area contributed by atoms with E-state index in [-0.39, 0.29) is 5.91 Å². The highest BCUT2D eigenvalue weighted by Crippen LogP contribution is 2.09. The molecule has 2 aromatic rings. The van der Waals surface area contributed by atoms with Crippen LogP contribution in [0.5, 0.6) is 0 Å². The van der Waals surface area contributed by atoms with Crippen LogP contribution in [0.1, 0.15) is 33.5 Å². The average Bonchev–Trinajstić information content (AvgIpc) is 2.43. The van der Waals surface area contributed by atoms with Crippen LogP contribution in [0.3, 0.4) is 0 Å². The topological polar surface area (TPSA) is 29.1 Å². The van der Waals surface area contributed by atoms with Crippen LogP contribution in [-0.2, 0) is 6.42 Å². The van der Waals surface area contributed by atoms with Crippen molar-refractivity contribution in [1.82, 2.24) is 5.32 Å². The fraction of sp³-hybridized carbons (Fsp3) is 0.278. The third kappa shape index (κ3) is 4.23. The van der Waals surface area contributed by atoms with Gasteiger partial charge in [-0.15, -0.1) is 0 Å². The van der Waals surface area contributed by atoms with E-state index < -0.39 is 0 Å². The molecule has 2 heteroatoms. The molecule has 1 N–H and O–H groups in total. The first-order valence-electron chi connectivity index (χ1n) is 7.05. The third-order valence-corrected chi connectivity index (χ3v) is 3.25. The number of nitrogens with one attached hydrogen (secondary N) is 1. The monoisotopic (exact) mass is 267 g/mol. The van der Waals surface area contributed by atoms with Crippen molar-refractivity contribution in [3.63, 3.8) is 0 Å². The second-order valence-electron chi connectivity index (χ2n) is 5.22. The molecule has 104 valence electrons. The Balaban J connectivity index is 1.80. The van der Waals surface area contributed by atoms with Gasteiger partial charge in [0.1, 0.15) is 0 Å². The molecule has 0 saturated heterocycles. The van der Waals surface area contributed by atoms with Crippen LogP contribution in [0.2, 0.25) is 0 Å². The van der Waals surface area contributed by atoms with Gasteiger partial charge in [0.05, 0.1) is 0 Å². The Morgan fingerprint density at radius 1 is 1.00 bits per heavy atom. The Morgan fingerprint density at radius 2 is 1.65 bits per heavy atom. The molecule has 2 rings (SSSR count). The Hall–Kier alpha value is -2.09. The van der Waals surface area contributed by atoms with Crippen LogP contribution >= 0.6 is 0 Å². The number of carbonyl (C=O) groups excluding carboxylic acids is 1. The fourth-order valence-electron chi connectivity index (χ4n) is 2.35. The van der Waals surface area contributed by atoms with Gasteiger partial charge in [0, 0.05) is 12.1 Å². The second kappa shape index (κ2) is 6.90. The van der Waals surface area contributed by atoms with Gasteiger partial charge in [-0.3, -0.25) is 4.79 Å². The molecule has 0 unspecified atom stereocenters. The van der Waals surface area contributed by atoms with Gasteiger partial charge in [-0.1, -0.05) is 47.5 Å². The molecule has 2 nitrogen and oxygen atoms in total. The van der Waals surface area contributed by atoms with Crippen molar-refractivity contribution < 1.29 is 4.79 Å². The number of hydrogen-bond acceptors (Lipinski definition) is 1. The molecule has 0 aliphatic rings. The summed E-state index contributed by atoms with van der Waals surface area (Å²) >= 11 is 0. The highest BCUT2D eigenvalue weighted by molar-refractivity contribution is 5.94. The lowest BCUT2D eigenvalue weighted by atomic mass is 10.1. The molecule has 0 spiro atoms. The Labute approximate surface area is 120 Å². The van der Waals surface area contributed by atoms with Crippen molar-refractivity contribution in [3.8, 4) is 0 Å². The van der Waals surface area contributed by atoms with Gasteiger partial charge in [0.2, 0.25) is 0 Å². The molecule has 0 heterocycles. The number of carbonyl (C=O) groups is 1. The van der Waals surface area contributed by atoms with E-state index in [1.807, 2.05) is 44.2 Å². The lowest BCUT2D eigenvalue weighted by molar-refractivity contribution is 0.0953. The molecule has 0 fully saturated rings. The lowest BCUT2D eigenvalue weighted by Gasteiger charge is -2.07. The molecule has 0 aromatic heterocycles. The first kappa shape index (κ1) is 14.3. The van der Waals surface area contributed by atoms with Gasteiger partial charge < -0.3 is 5.32 Å². The zero-order valence-corrected chi connectivity index (χ0v) is 12.1. The van der Waals surface area contributed by atoms with Crippen molar-refractivity contribution in [2.75, 3.05) is 6.54 Å². The standard InChI is InChI=1S/C18H21NO/c1-14-11-15(2)13-17(12-14)18(20)19-10-6-9-16-7-4-3-5-8-16/h3-5,7-8,11-13H,6,9-10H2,1-2H3,(H,19,20). The highest BCUT2D eigenvalue weighted by atomic mass is 16.1. The minimum absolute atomic E-state index is 0.0184. The minimum atomic E-state index is 0.0184. The van der Waals surface area contributed by atoms with Crippen molar-refractivity contribution in [2.45, 2.75) is 26.7 Å². The Kier molecular flexibility index (Phi) is 4.94. The number of hydrogen-bond donors (Lipinski definition) is 1. The van der Waals surface area contributed by atoms with Crippen molar-refractivity contribution in [2.24, 2.45) is 0 Å². The van der Waals surface area contributed by atoms with Crippen LogP contribution in [0.4, 0.5) is 0 Å². The maximum atomic E-state index is 12.0. The SMILES string of the molecule is Cc1cc(C)cc(C(=O)NCCCc2ccccc2)c1. The van der Waals surface area contributed by atoms with E-state index in [4.69, 9.17) is 0 Å². The molecule has 0 bridgehead atoms. The van der Waals surface area contributed by atoms with Crippen LogP contribution < -0.4 is 5.32 Å². The quantitative estimate of drug-likeness (QED) is 0.823. The van der Waals surface area contributed by atoms with Crippen molar-refractivity contribution >= 4 is 5.91 Å². The third-order valence-electron chi connectivity index (χ3n) is 3.25. The van der Waals surface area contributed by atoms with E-state index >= 15 is 0 Å². The van der Waals surface area contributed by atoms with Gasteiger partial charge in [0.15, 0.2) is 0 Å². The molecule has 0 aliphatic carbocycles. The predicted octanol–water partition coefficient (Wildman–Crippen LogP) is 3.67. The molecule has 0 saturated carbocycles. The lowest BCUT2D eigenvalue weighted by Crippen LogP contribution is -2.24. The average molecular weight is 267 g/mol. The Bertz CT molecular complexity index is 555. The van der Waals surface area contributed by atoms with E-state index in [1.165, 1.54) is 5.56 Å². The summed E-state index contributed by atoms with van der Waals surface area (Å²) in [6.07, 6.45) is 1.95. The van der Waals surface area contributed by atoms with Gasteiger partial charge >= 0.3 is 0 Å². The van der Waals surface area contributed by atoms with Crippen LogP contribution in [-0.4, -0.2) is 12.5 Å². The second-order valence-corrected chi connectivity index (χ2v) is 5.22. The van der Waals surface area contributed by atoms with Gasteiger partial charge in [-0.05, 0) is 44.4 Å². The van der Waals surface area contributed by atoms with E-state index in [9.17, 15) is 4.79 Å². The molecule has 0 aliphatic heterocycles. The molecule has 0 atom stereocenters. The van der Waals surface area contributed by atoms with E-state index in [0.717, 1.165) is 29.5 Å². The summed E-state index contributed by atoms with van der Waals surface area (Å²) in [5.74, 6) is 0.0184. The summed E-state index contributed by atoms with van der Waals surface area (Å²) in [6, 6.07) is 16.3. The van der Waals surface area contributed by atoms with Crippen LogP contribution in [0.15, 0.2) is 48.5 Å². The van der Waals surface area contributed by atoms with E-state index in [2.05, 4.69) is 23.5 Å². The van der Waals surface area contributed by atoms with Crippen LogP contribution in [0, 0.1) is 13.8 Å². The van der Waals surface area contributed by atoms with Crippen molar-refractivity contribution in [3.05, 3.63) is 70.8 Å². The van der Waals surface area contributed by atoms with E-state index in [1.54, 1.807) is 0 Å². The summed E-state index contributed by atoms with van der Waals surface area (Å²) in [5.41, 5.74) is 4.31. The first-order valence-corrected chi connectivity index (χ1v) is 7.05. The van der Waals surface area contributed by atoms with Gasteiger partial charge in [-0.25, -0.2) is 0 Å². The summed E-state index contributed by atoms with van der Waals surface area (Å²) < 4.78 is 0. The molecule has 20 heavy (non-hydrogen) atoms. The molecule has 1 amide bonds. The number of aryl methyl sites for hydroxylation is 3. The highest BCUT2D eigenvalue weighted by Gasteiger charge is 2.05. The number of rotatable bonds is 5. The molecule has 2 aromatic carbocycles. The summed E-state index contributed by atoms with van der Waals surface area (Å²) in [5, 5.41) is 2.98. The Morgan fingerprint density at radius 3 is 2.30 bits per heavy atom. The van der Waals surface area contributed by atoms with Gasteiger partial charge in [0.25, 0.3) is 5.91 Å². The zero-order chi connectivity index (χ0) is 14.4. The predicted molar refractivity (Wildman–Crippen MR) is 83.0 cm³/mol. The normalized spacial score (nSPS) is 10.3. The smallest absolute Gasteiger partial charge is 0.251 e. The van der Waals surface area contributed by atoms with Crippen molar-refractivity contribution in [1.29, 1.82) is 0 Å².